The highest BCUT2D eigenvalue weighted by Crippen LogP contribution is 2.27. The first-order valence-corrected chi connectivity index (χ1v) is 7.45. The summed E-state index contributed by atoms with van der Waals surface area (Å²) in [6, 6.07) is 6.96. The Morgan fingerprint density at radius 3 is 2.67 bits per heavy atom. The van der Waals surface area contributed by atoms with E-state index in [0.717, 1.165) is 0 Å². The number of rotatable bonds is 3. The molecule has 0 aliphatic carbocycles. The summed E-state index contributed by atoms with van der Waals surface area (Å²) < 4.78 is 41.7. The zero-order valence-corrected chi connectivity index (χ0v) is 12.6. The predicted octanol–water partition coefficient (Wildman–Crippen LogP) is 2.33. The summed E-state index contributed by atoms with van der Waals surface area (Å²) in [5, 5.41) is 9.25. The number of ether oxygens (including phenoxy) is 1. The molecule has 0 saturated carbocycles. The van der Waals surface area contributed by atoms with Crippen LogP contribution < -0.4 is 5.69 Å². The number of imidazole rings is 1. The fraction of sp³-hybridized carbons (Fsp3) is 0.467. The van der Waals surface area contributed by atoms with Crippen molar-refractivity contribution in [2.24, 2.45) is 0 Å². The van der Waals surface area contributed by atoms with Crippen molar-refractivity contribution in [3.8, 4) is 6.07 Å². The van der Waals surface area contributed by atoms with E-state index in [2.05, 4.69) is 15.8 Å². The van der Waals surface area contributed by atoms with Crippen molar-refractivity contribution >= 4 is 11.0 Å². The summed E-state index contributed by atoms with van der Waals surface area (Å²) in [6.45, 7) is 0.256. The van der Waals surface area contributed by atoms with E-state index < -0.39 is 13.1 Å². The van der Waals surface area contributed by atoms with Crippen LogP contribution in [0.5, 0.6) is 0 Å². The Balaban J connectivity index is 1.78. The monoisotopic (exact) mass is 340 g/mol. The number of para-hydroxylation sites is 1. The molecule has 0 radical (unpaired) electrons. The third kappa shape index (κ3) is 3.29. The van der Waals surface area contributed by atoms with Gasteiger partial charge in [-0.1, -0.05) is 6.07 Å². The molecule has 1 aromatic carbocycles. The molecule has 6 nitrogen and oxygen atoms in total. The number of H-pyrrole nitrogens is 1. The van der Waals surface area contributed by atoms with E-state index >= 15 is 0 Å². The minimum Gasteiger partial charge on any atom is -0.305 e. The van der Waals surface area contributed by atoms with Gasteiger partial charge < -0.3 is 4.98 Å². The van der Waals surface area contributed by atoms with Gasteiger partial charge in [0.2, 0.25) is 0 Å². The van der Waals surface area contributed by atoms with E-state index in [1.807, 2.05) is 0 Å². The van der Waals surface area contributed by atoms with Gasteiger partial charge in [0.15, 0.2) is 0 Å². The lowest BCUT2D eigenvalue weighted by atomic mass is 10.0. The number of nitriles is 1. The Morgan fingerprint density at radius 2 is 2.04 bits per heavy atom. The summed E-state index contributed by atoms with van der Waals surface area (Å²) in [5.74, 6) is 0. The molecule has 2 heterocycles. The number of fused-ring (bicyclic) bond motifs is 1. The van der Waals surface area contributed by atoms with Crippen molar-refractivity contribution in [1.29, 1.82) is 5.26 Å². The van der Waals surface area contributed by atoms with E-state index in [0.29, 0.717) is 42.5 Å². The van der Waals surface area contributed by atoms with Gasteiger partial charge in [0, 0.05) is 19.1 Å². The number of benzene rings is 1. The van der Waals surface area contributed by atoms with Crippen LogP contribution in [0, 0.1) is 11.3 Å². The maximum Gasteiger partial charge on any atom is 0.523 e. The van der Waals surface area contributed by atoms with Crippen molar-refractivity contribution in [3.05, 3.63) is 34.2 Å². The molecule has 3 rings (SSSR count). The van der Waals surface area contributed by atoms with Gasteiger partial charge in [-0.05, 0) is 25.0 Å². The van der Waals surface area contributed by atoms with Crippen molar-refractivity contribution in [3.63, 3.8) is 0 Å². The third-order valence-corrected chi connectivity index (χ3v) is 4.19. The van der Waals surface area contributed by atoms with Crippen LogP contribution in [0.4, 0.5) is 13.2 Å². The molecular weight excluding hydrogens is 325 g/mol. The molecular formula is C15H15F3N4O2. The van der Waals surface area contributed by atoms with Crippen molar-refractivity contribution < 1.29 is 17.9 Å². The second-order valence-electron chi connectivity index (χ2n) is 5.68. The predicted molar refractivity (Wildman–Crippen MR) is 79.1 cm³/mol. The van der Waals surface area contributed by atoms with Gasteiger partial charge in [-0.15, -0.1) is 13.2 Å². The molecule has 0 atom stereocenters. The van der Waals surface area contributed by atoms with Gasteiger partial charge >= 0.3 is 12.1 Å². The number of nitrogens with one attached hydrogen (secondary N) is 1. The summed E-state index contributed by atoms with van der Waals surface area (Å²) in [6.07, 6.45) is -3.63. The largest absolute Gasteiger partial charge is 0.523 e. The molecule has 2 aromatic rings. The van der Waals surface area contributed by atoms with Crippen LogP contribution in [0.1, 0.15) is 24.4 Å². The zero-order valence-electron chi connectivity index (χ0n) is 12.6. The van der Waals surface area contributed by atoms with Gasteiger partial charge in [-0.2, -0.15) is 5.26 Å². The molecule has 128 valence electrons. The smallest absolute Gasteiger partial charge is 0.305 e. The van der Waals surface area contributed by atoms with Crippen LogP contribution in [0.25, 0.3) is 11.0 Å². The maximum absolute atomic E-state index is 12.3. The molecule has 1 saturated heterocycles. The number of nitrogens with zero attached hydrogens (tertiary/aromatic N) is 3. The number of piperidine rings is 1. The Hall–Kier alpha value is -2.31. The molecule has 0 unspecified atom stereocenters. The molecule has 1 aromatic heterocycles. The molecule has 0 bridgehead atoms. The number of hydrogen-bond donors (Lipinski definition) is 1. The van der Waals surface area contributed by atoms with Crippen LogP contribution in [-0.4, -0.2) is 40.6 Å². The van der Waals surface area contributed by atoms with Gasteiger partial charge in [0.25, 0.3) is 0 Å². The number of aromatic nitrogens is 2. The molecule has 1 aliphatic rings. The first-order chi connectivity index (χ1) is 11.4. The average molecular weight is 340 g/mol. The Morgan fingerprint density at radius 1 is 1.33 bits per heavy atom. The standard InChI is InChI=1S/C15H15F3N4O2/c16-15(17,18)24-9-21-6-4-11(5-7-21)22-13-10(8-19)2-1-3-12(13)20-14(22)23/h1-3,11H,4-7,9H2,(H,20,23). The second kappa shape index (κ2) is 6.30. The summed E-state index contributed by atoms with van der Waals surface area (Å²) in [7, 11) is 0. The topological polar surface area (TPSA) is 74.0 Å². The Labute approximate surface area is 135 Å². The summed E-state index contributed by atoms with van der Waals surface area (Å²) in [4.78, 5) is 16.5. The minimum atomic E-state index is -4.65. The van der Waals surface area contributed by atoms with Crippen molar-refractivity contribution in [2.75, 3.05) is 19.8 Å². The van der Waals surface area contributed by atoms with Gasteiger partial charge in [-0.25, -0.2) is 4.79 Å². The minimum absolute atomic E-state index is 0.164. The van der Waals surface area contributed by atoms with Gasteiger partial charge in [0.1, 0.15) is 12.8 Å². The molecule has 1 aliphatic heterocycles. The van der Waals surface area contributed by atoms with Crippen molar-refractivity contribution in [1.82, 2.24) is 14.5 Å². The molecule has 1 N–H and O–H groups in total. The van der Waals surface area contributed by atoms with E-state index in [4.69, 9.17) is 0 Å². The SMILES string of the molecule is N#Cc1cccc2[nH]c(=O)n(C3CCN(COC(F)(F)F)CC3)c12. The normalized spacial score (nSPS) is 17.2. The fourth-order valence-electron chi connectivity index (χ4n) is 3.09. The number of hydrogen-bond acceptors (Lipinski definition) is 4. The molecule has 0 spiro atoms. The zero-order chi connectivity index (χ0) is 17.3. The summed E-state index contributed by atoms with van der Waals surface area (Å²) in [5.41, 5.74) is 1.23. The van der Waals surface area contributed by atoms with E-state index in [-0.39, 0.29) is 11.7 Å². The highest BCUT2D eigenvalue weighted by molar-refractivity contribution is 5.81. The molecule has 9 heteroatoms. The van der Waals surface area contributed by atoms with Crippen LogP contribution in [0.3, 0.4) is 0 Å². The van der Waals surface area contributed by atoms with Gasteiger partial charge in [0.05, 0.1) is 16.6 Å². The highest BCUT2D eigenvalue weighted by Gasteiger charge is 2.31. The van der Waals surface area contributed by atoms with E-state index in [9.17, 15) is 23.2 Å². The van der Waals surface area contributed by atoms with Crippen molar-refractivity contribution in [2.45, 2.75) is 25.2 Å². The molecule has 24 heavy (non-hydrogen) atoms. The molecule has 0 amide bonds. The quantitative estimate of drug-likeness (QED) is 0.931. The lowest BCUT2D eigenvalue weighted by molar-refractivity contribution is -0.337. The van der Waals surface area contributed by atoms with Crippen LogP contribution >= 0.6 is 0 Å². The highest BCUT2D eigenvalue weighted by atomic mass is 19.4. The Bertz CT molecular complexity index is 826. The maximum atomic E-state index is 12.3. The Kier molecular flexibility index (Phi) is 4.34. The van der Waals surface area contributed by atoms with E-state index in [1.165, 1.54) is 0 Å². The lowest BCUT2D eigenvalue weighted by Gasteiger charge is -2.32. The van der Waals surface area contributed by atoms with Crippen LogP contribution in [0.2, 0.25) is 0 Å². The third-order valence-electron chi connectivity index (χ3n) is 4.19. The number of likely N-dealkylation sites (tertiary alicyclic amines) is 1. The number of aromatic amines is 1. The number of alkyl halides is 3. The van der Waals surface area contributed by atoms with Crippen LogP contribution in [-0.2, 0) is 4.74 Å². The molecule has 1 fully saturated rings. The van der Waals surface area contributed by atoms with Gasteiger partial charge in [-0.3, -0.25) is 14.2 Å². The number of halogens is 3. The lowest BCUT2D eigenvalue weighted by Crippen LogP contribution is -2.39. The first kappa shape index (κ1) is 16.5. The van der Waals surface area contributed by atoms with E-state index in [1.54, 1.807) is 27.7 Å². The second-order valence-corrected chi connectivity index (χ2v) is 5.68. The fourth-order valence-corrected chi connectivity index (χ4v) is 3.09. The summed E-state index contributed by atoms with van der Waals surface area (Å²) >= 11 is 0. The first-order valence-electron chi connectivity index (χ1n) is 7.45. The average Bonchev–Trinajstić information content (AvgIpc) is 2.88. The van der Waals surface area contributed by atoms with Crippen LogP contribution in [0.15, 0.2) is 23.0 Å².